The molecule has 0 saturated carbocycles. The van der Waals surface area contributed by atoms with Crippen molar-refractivity contribution in [3.8, 4) is 17.2 Å². The van der Waals surface area contributed by atoms with Crippen molar-refractivity contribution in [3.05, 3.63) is 87.0 Å². The Morgan fingerprint density at radius 3 is 2.76 bits per heavy atom. The molecule has 0 aromatic heterocycles. The van der Waals surface area contributed by atoms with Gasteiger partial charge in [-0.05, 0) is 54.2 Å². The number of thioether (sulfide) groups is 1. The Balaban J connectivity index is 1.28. The van der Waals surface area contributed by atoms with Crippen LogP contribution >= 0.6 is 27.7 Å². The van der Waals surface area contributed by atoms with E-state index in [1.54, 1.807) is 54.6 Å². The maximum Gasteiger partial charge on any atom is 0.294 e. The van der Waals surface area contributed by atoms with Crippen LogP contribution in [-0.4, -0.2) is 35.3 Å². The molecule has 8 nitrogen and oxygen atoms in total. The second kappa shape index (κ2) is 10.7. The Kier molecular flexibility index (Phi) is 7.15. The smallest absolute Gasteiger partial charge is 0.294 e. The maximum atomic E-state index is 14.0. The molecule has 3 aromatic carbocycles. The highest BCUT2D eigenvalue weighted by Gasteiger charge is 2.36. The number of carbonyl (C=O) groups is 3. The minimum Gasteiger partial charge on any atom is -0.488 e. The molecule has 1 N–H and O–H groups in total. The van der Waals surface area contributed by atoms with E-state index in [2.05, 4.69) is 21.2 Å². The van der Waals surface area contributed by atoms with Gasteiger partial charge in [-0.1, -0.05) is 34.1 Å². The number of halogens is 2. The largest absolute Gasteiger partial charge is 0.488 e. The number of carbonyl (C=O) groups excluding carboxylic acids is 3. The van der Waals surface area contributed by atoms with E-state index in [0.717, 1.165) is 21.1 Å². The summed E-state index contributed by atoms with van der Waals surface area (Å²) in [4.78, 5) is 39.1. The number of fused-ring (bicyclic) bond motifs is 1. The standard InChI is InChI=1S/C26H18BrFN2O6S/c27-17-5-7-20(34-13-15-3-1-2-4-19(15)28)16(9-17)10-23-25(32)30(26(33)37-23)12-24(31)29-18-6-8-21-22(11-18)36-14-35-21/h1-11H,12-14H2,(H,29,31)/b23-10-. The number of benzene rings is 3. The summed E-state index contributed by atoms with van der Waals surface area (Å²) in [7, 11) is 0. The molecule has 5 rings (SSSR count). The van der Waals surface area contributed by atoms with E-state index >= 15 is 0 Å². The lowest BCUT2D eigenvalue weighted by molar-refractivity contribution is -0.127. The third-order valence-corrected chi connectivity index (χ3v) is 6.83. The number of nitrogens with one attached hydrogen (secondary N) is 1. The second-order valence-electron chi connectivity index (χ2n) is 7.95. The van der Waals surface area contributed by atoms with E-state index in [0.29, 0.717) is 34.1 Å². The molecule has 1 saturated heterocycles. The number of hydrogen-bond donors (Lipinski definition) is 1. The molecule has 3 amide bonds. The van der Waals surface area contributed by atoms with E-state index in [4.69, 9.17) is 14.2 Å². The fourth-order valence-electron chi connectivity index (χ4n) is 3.63. The van der Waals surface area contributed by atoms with Crippen molar-refractivity contribution in [2.24, 2.45) is 0 Å². The third kappa shape index (κ3) is 5.62. The van der Waals surface area contributed by atoms with Crippen LogP contribution in [-0.2, 0) is 16.2 Å². The van der Waals surface area contributed by atoms with Gasteiger partial charge in [-0.3, -0.25) is 19.3 Å². The number of imide groups is 1. The zero-order valence-corrected chi connectivity index (χ0v) is 21.4. The Hall–Kier alpha value is -3.83. The van der Waals surface area contributed by atoms with Crippen molar-refractivity contribution in [1.29, 1.82) is 0 Å². The Bertz CT molecular complexity index is 1450. The first-order valence-electron chi connectivity index (χ1n) is 11.0. The van der Waals surface area contributed by atoms with Gasteiger partial charge in [0.25, 0.3) is 11.1 Å². The highest BCUT2D eigenvalue weighted by Crippen LogP contribution is 2.36. The van der Waals surface area contributed by atoms with Crippen molar-refractivity contribution >= 4 is 56.5 Å². The Labute approximate surface area is 223 Å². The van der Waals surface area contributed by atoms with Gasteiger partial charge >= 0.3 is 0 Å². The van der Waals surface area contributed by atoms with Gasteiger partial charge in [0.05, 0.1) is 4.91 Å². The van der Waals surface area contributed by atoms with Crippen LogP contribution in [0.15, 0.2) is 70.0 Å². The van der Waals surface area contributed by atoms with Crippen LogP contribution in [0.2, 0.25) is 0 Å². The average molecular weight is 585 g/mol. The van der Waals surface area contributed by atoms with Gasteiger partial charge in [-0.2, -0.15) is 0 Å². The van der Waals surface area contributed by atoms with Crippen LogP contribution in [0.1, 0.15) is 11.1 Å². The van der Waals surface area contributed by atoms with E-state index in [1.165, 1.54) is 12.1 Å². The molecule has 2 aliphatic heterocycles. The molecule has 0 unspecified atom stereocenters. The highest BCUT2D eigenvalue weighted by molar-refractivity contribution is 9.10. The maximum absolute atomic E-state index is 14.0. The average Bonchev–Trinajstić information content (AvgIpc) is 3.44. The summed E-state index contributed by atoms with van der Waals surface area (Å²) >= 11 is 4.12. The van der Waals surface area contributed by atoms with Crippen LogP contribution in [0.25, 0.3) is 6.08 Å². The molecule has 1 fully saturated rings. The number of hydrogen-bond acceptors (Lipinski definition) is 7. The molecule has 11 heteroatoms. The number of rotatable bonds is 7. The summed E-state index contributed by atoms with van der Waals surface area (Å²) < 4.78 is 31.1. The quantitative estimate of drug-likeness (QED) is 0.363. The molecule has 2 heterocycles. The molecule has 0 spiro atoms. The monoisotopic (exact) mass is 584 g/mol. The summed E-state index contributed by atoms with van der Waals surface area (Å²) in [6, 6.07) is 16.3. The van der Waals surface area contributed by atoms with Gasteiger partial charge < -0.3 is 19.5 Å². The Morgan fingerprint density at radius 1 is 1.11 bits per heavy atom. The lowest BCUT2D eigenvalue weighted by Gasteiger charge is -2.13. The summed E-state index contributed by atoms with van der Waals surface area (Å²) in [5.74, 6) is -0.0671. The first-order chi connectivity index (χ1) is 17.9. The van der Waals surface area contributed by atoms with Crippen LogP contribution < -0.4 is 19.5 Å². The highest BCUT2D eigenvalue weighted by atomic mass is 79.9. The van der Waals surface area contributed by atoms with E-state index in [1.807, 2.05) is 0 Å². The number of anilines is 1. The second-order valence-corrected chi connectivity index (χ2v) is 9.86. The number of amides is 3. The van der Waals surface area contributed by atoms with Crippen LogP contribution in [0.4, 0.5) is 14.9 Å². The van der Waals surface area contributed by atoms with Gasteiger partial charge in [0.2, 0.25) is 12.7 Å². The molecule has 0 aliphatic carbocycles. The van der Waals surface area contributed by atoms with E-state index in [-0.39, 0.29) is 24.1 Å². The topological polar surface area (TPSA) is 94.2 Å². The molecule has 0 radical (unpaired) electrons. The lowest BCUT2D eigenvalue weighted by atomic mass is 10.1. The van der Waals surface area contributed by atoms with Gasteiger partial charge in [0.1, 0.15) is 24.7 Å². The third-order valence-electron chi connectivity index (χ3n) is 5.43. The summed E-state index contributed by atoms with van der Waals surface area (Å²) in [6.07, 6.45) is 1.52. The van der Waals surface area contributed by atoms with E-state index in [9.17, 15) is 18.8 Å². The number of ether oxygens (including phenoxy) is 3. The van der Waals surface area contributed by atoms with Crippen molar-refractivity contribution < 1.29 is 33.0 Å². The van der Waals surface area contributed by atoms with Crippen LogP contribution in [0, 0.1) is 5.82 Å². The minimum absolute atomic E-state index is 0.0172. The van der Waals surface area contributed by atoms with Crippen LogP contribution in [0.3, 0.4) is 0 Å². The SMILES string of the molecule is O=C(CN1C(=O)S/C(=C\c2cc(Br)ccc2OCc2ccccc2F)C1=O)Nc1ccc2c(c1)OCO2. The molecule has 37 heavy (non-hydrogen) atoms. The van der Waals surface area contributed by atoms with Gasteiger partial charge in [-0.15, -0.1) is 0 Å². The molecule has 0 atom stereocenters. The van der Waals surface area contributed by atoms with Crippen molar-refractivity contribution in [1.82, 2.24) is 4.90 Å². The summed E-state index contributed by atoms with van der Waals surface area (Å²) in [5, 5.41) is 2.08. The summed E-state index contributed by atoms with van der Waals surface area (Å²) in [5.41, 5.74) is 1.34. The molecule has 0 bridgehead atoms. The molecule has 188 valence electrons. The first-order valence-corrected chi connectivity index (χ1v) is 12.6. The minimum atomic E-state index is -0.601. The fraction of sp³-hybridized carbons (Fsp3) is 0.115. The van der Waals surface area contributed by atoms with Gasteiger partial charge in [0.15, 0.2) is 11.5 Å². The zero-order chi connectivity index (χ0) is 25.9. The molecular weight excluding hydrogens is 567 g/mol. The molecule has 2 aliphatic rings. The normalized spacial score (nSPS) is 15.4. The predicted octanol–water partition coefficient (Wildman–Crippen LogP) is 5.57. The Morgan fingerprint density at radius 2 is 1.92 bits per heavy atom. The van der Waals surface area contributed by atoms with E-state index < -0.39 is 23.6 Å². The lowest BCUT2D eigenvalue weighted by Crippen LogP contribution is -2.36. The predicted molar refractivity (Wildman–Crippen MR) is 139 cm³/mol. The fourth-order valence-corrected chi connectivity index (χ4v) is 4.84. The van der Waals surface area contributed by atoms with Crippen molar-refractivity contribution in [2.75, 3.05) is 18.7 Å². The van der Waals surface area contributed by atoms with Gasteiger partial charge in [-0.25, -0.2) is 4.39 Å². The van der Waals surface area contributed by atoms with Crippen molar-refractivity contribution in [2.45, 2.75) is 6.61 Å². The van der Waals surface area contributed by atoms with Crippen LogP contribution in [0.5, 0.6) is 17.2 Å². The zero-order valence-electron chi connectivity index (χ0n) is 19.0. The van der Waals surface area contributed by atoms with Crippen molar-refractivity contribution in [3.63, 3.8) is 0 Å². The van der Waals surface area contributed by atoms with Gasteiger partial charge in [0, 0.05) is 27.4 Å². The molecular formula is C26H18BrFN2O6S. The molecule has 3 aromatic rings. The number of nitrogens with zero attached hydrogens (tertiary/aromatic N) is 1. The first kappa shape index (κ1) is 24.8. The summed E-state index contributed by atoms with van der Waals surface area (Å²) in [6.45, 7) is -0.369.